The third-order valence-corrected chi connectivity index (χ3v) is 1.47. The normalized spacial score (nSPS) is 10.3. The van der Waals surface area contributed by atoms with Gasteiger partial charge in [0.2, 0.25) is 5.96 Å². The fourth-order valence-electron chi connectivity index (χ4n) is 0.884. The van der Waals surface area contributed by atoms with Gasteiger partial charge in [0, 0.05) is 0 Å². The summed E-state index contributed by atoms with van der Waals surface area (Å²) in [5, 5.41) is 0. The van der Waals surface area contributed by atoms with Crippen molar-refractivity contribution < 1.29 is 4.74 Å². The van der Waals surface area contributed by atoms with Crippen molar-refractivity contribution in [1.82, 2.24) is 5.43 Å². The molecule has 0 fully saturated rings. The van der Waals surface area contributed by atoms with Gasteiger partial charge in [-0.15, -0.1) is 24.0 Å². The minimum absolute atomic E-state index is 0. The molecule has 0 amide bonds. The Morgan fingerprint density at radius 3 is 2.64 bits per heavy atom. The summed E-state index contributed by atoms with van der Waals surface area (Å²) in [5.41, 5.74) is 8.26. The number of nitrogens with one attached hydrogen (secondary N) is 1. The van der Waals surface area contributed by atoms with Crippen LogP contribution in [0.5, 0.6) is 5.75 Å². The molecule has 78 valence electrons. The Morgan fingerprint density at radius 2 is 2.07 bits per heavy atom. The van der Waals surface area contributed by atoms with Crippen LogP contribution in [0, 0.1) is 0 Å². The molecule has 0 aliphatic carbocycles. The van der Waals surface area contributed by atoms with Crippen LogP contribution in [0.4, 0.5) is 5.69 Å². The number of para-hydroxylation sites is 2. The minimum atomic E-state index is 0. The Labute approximate surface area is 99.5 Å². The molecule has 6 heteroatoms. The quantitative estimate of drug-likeness (QED) is 0.247. The topological polar surface area (TPSA) is 85.7 Å². The van der Waals surface area contributed by atoms with Crippen molar-refractivity contribution in [2.75, 3.05) is 7.11 Å². The summed E-state index contributed by atoms with van der Waals surface area (Å²) in [4.78, 5) is 3.98. The fraction of sp³-hybridized carbons (Fsp3) is 0.125. The maximum Gasteiger partial charge on any atom is 0.208 e. The molecule has 0 bridgehead atoms. The standard InChI is InChI=1S/C8H12N4O.HI/c1-13-7-5-3-2-4-6(7)11-8(9)12-10;/h2-5H,10H2,1H3,(H3,9,11,12);1H. The lowest BCUT2D eigenvalue weighted by Gasteiger charge is -2.04. The highest BCUT2D eigenvalue weighted by Gasteiger charge is 1.99. The van der Waals surface area contributed by atoms with E-state index in [-0.39, 0.29) is 29.9 Å². The number of aliphatic imine (C=N–C) groups is 1. The Kier molecular flexibility index (Phi) is 5.97. The molecule has 0 atom stereocenters. The van der Waals surface area contributed by atoms with Crippen LogP contribution in [-0.2, 0) is 0 Å². The van der Waals surface area contributed by atoms with E-state index in [4.69, 9.17) is 16.3 Å². The SMILES string of the molecule is COc1ccccc1N=C(N)NN.I. The summed E-state index contributed by atoms with van der Waals surface area (Å²) in [7, 11) is 1.57. The van der Waals surface area contributed by atoms with E-state index in [1.165, 1.54) is 0 Å². The van der Waals surface area contributed by atoms with Gasteiger partial charge in [-0.2, -0.15) is 0 Å². The number of nitrogens with two attached hydrogens (primary N) is 2. The maximum atomic E-state index is 5.39. The lowest BCUT2D eigenvalue weighted by atomic mass is 10.3. The van der Waals surface area contributed by atoms with Crippen LogP contribution in [0.25, 0.3) is 0 Å². The zero-order chi connectivity index (χ0) is 9.68. The van der Waals surface area contributed by atoms with Crippen molar-refractivity contribution in [2.45, 2.75) is 0 Å². The summed E-state index contributed by atoms with van der Waals surface area (Å²) in [5.74, 6) is 5.86. The number of nitrogens with zero attached hydrogens (tertiary/aromatic N) is 1. The van der Waals surface area contributed by atoms with E-state index in [0.717, 1.165) is 0 Å². The molecule has 5 N–H and O–H groups in total. The second-order valence-corrected chi connectivity index (χ2v) is 2.31. The van der Waals surface area contributed by atoms with Crippen molar-refractivity contribution >= 4 is 35.6 Å². The zero-order valence-corrected chi connectivity index (χ0v) is 10.1. The summed E-state index contributed by atoms with van der Waals surface area (Å²) in [6.45, 7) is 0. The van der Waals surface area contributed by atoms with E-state index in [0.29, 0.717) is 11.4 Å². The van der Waals surface area contributed by atoms with Gasteiger partial charge in [0.05, 0.1) is 7.11 Å². The second-order valence-electron chi connectivity index (χ2n) is 2.31. The Bertz CT molecular complexity index is 316. The first-order chi connectivity index (χ1) is 6.27. The maximum absolute atomic E-state index is 5.39. The van der Waals surface area contributed by atoms with E-state index in [9.17, 15) is 0 Å². The van der Waals surface area contributed by atoms with E-state index in [1.807, 2.05) is 12.1 Å². The van der Waals surface area contributed by atoms with E-state index < -0.39 is 0 Å². The highest BCUT2D eigenvalue weighted by molar-refractivity contribution is 14.0. The summed E-state index contributed by atoms with van der Waals surface area (Å²) in [6, 6.07) is 7.26. The molecule has 0 heterocycles. The number of halogens is 1. The van der Waals surface area contributed by atoms with Crippen LogP contribution in [0.15, 0.2) is 29.3 Å². The number of benzene rings is 1. The van der Waals surface area contributed by atoms with Gasteiger partial charge in [-0.25, -0.2) is 10.8 Å². The molecule has 0 spiro atoms. The Hall–Kier alpha value is -1.02. The van der Waals surface area contributed by atoms with E-state index in [1.54, 1.807) is 19.2 Å². The lowest BCUT2D eigenvalue weighted by Crippen LogP contribution is -2.36. The van der Waals surface area contributed by atoms with E-state index >= 15 is 0 Å². The van der Waals surface area contributed by atoms with Gasteiger partial charge in [0.15, 0.2) is 0 Å². The van der Waals surface area contributed by atoms with Gasteiger partial charge < -0.3 is 10.5 Å². The molecule has 1 aromatic carbocycles. The van der Waals surface area contributed by atoms with Gasteiger partial charge in [-0.1, -0.05) is 12.1 Å². The van der Waals surface area contributed by atoms with Crippen molar-refractivity contribution in [2.24, 2.45) is 16.6 Å². The van der Waals surface area contributed by atoms with Crippen molar-refractivity contribution in [3.63, 3.8) is 0 Å². The summed E-state index contributed by atoms with van der Waals surface area (Å²) >= 11 is 0. The number of ether oxygens (including phenoxy) is 1. The molecule has 0 saturated heterocycles. The first-order valence-electron chi connectivity index (χ1n) is 3.71. The third kappa shape index (κ3) is 3.38. The van der Waals surface area contributed by atoms with Crippen LogP contribution in [0.3, 0.4) is 0 Å². The van der Waals surface area contributed by atoms with Gasteiger partial charge in [0.1, 0.15) is 11.4 Å². The molecular formula is C8H13IN4O. The first kappa shape index (κ1) is 13.0. The molecule has 0 aliphatic heterocycles. The monoisotopic (exact) mass is 308 g/mol. The highest BCUT2D eigenvalue weighted by atomic mass is 127. The van der Waals surface area contributed by atoms with Gasteiger partial charge in [-0.3, -0.25) is 5.43 Å². The van der Waals surface area contributed by atoms with Crippen molar-refractivity contribution in [3.8, 4) is 5.75 Å². The van der Waals surface area contributed by atoms with Crippen molar-refractivity contribution in [1.29, 1.82) is 0 Å². The average molecular weight is 308 g/mol. The summed E-state index contributed by atoms with van der Waals surface area (Å²) < 4.78 is 5.06. The predicted molar refractivity (Wildman–Crippen MR) is 67.0 cm³/mol. The molecule has 5 nitrogen and oxygen atoms in total. The fourth-order valence-corrected chi connectivity index (χ4v) is 0.884. The molecule has 14 heavy (non-hydrogen) atoms. The van der Waals surface area contributed by atoms with Gasteiger partial charge in [0.25, 0.3) is 0 Å². The zero-order valence-electron chi connectivity index (χ0n) is 7.73. The van der Waals surface area contributed by atoms with Crippen LogP contribution in [0.2, 0.25) is 0 Å². The molecule has 1 rings (SSSR count). The molecule has 0 saturated carbocycles. The second kappa shape index (κ2) is 6.44. The minimum Gasteiger partial charge on any atom is -0.494 e. The molecule has 0 radical (unpaired) electrons. The van der Waals surface area contributed by atoms with Crippen LogP contribution >= 0.6 is 24.0 Å². The molecular weight excluding hydrogens is 295 g/mol. The van der Waals surface area contributed by atoms with Crippen LogP contribution < -0.4 is 21.7 Å². The number of rotatable bonds is 2. The van der Waals surface area contributed by atoms with Gasteiger partial charge in [-0.05, 0) is 12.1 Å². The Morgan fingerprint density at radius 1 is 1.43 bits per heavy atom. The lowest BCUT2D eigenvalue weighted by molar-refractivity contribution is 0.416. The Balaban J connectivity index is 0.00000169. The predicted octanol–water partition coefficient (Wildman–Crippen LogP) is 0.723. The number of methoxy groups -OCH3 is 1. The molecule has 0 aromatic heterocycles. The number of hydrogen-bond acceptors (Lipinski definition) is 3. The van der Waals surface area contributed by atoms with Crippen LogP contribution in [0.1, 0.15) is 0 Å². The highest BCUT2D eigenvalue weighted by Crippen LogP contribution is 2.25. The number of guanidine groups is 1. The summed E-state index contributed by atoms with van der Waals surface area (Å²) in [6.07, 6.45) is 0. The first-order valence-corrected chi connectivity index (χ1v) is 3.71. The molecule has 0 aliphatic rings. The number of hydrazine groups is 1. The largest absolute Gasteiger partial charge is 0.494 e. The smallest absolute Gasteiger partial charge is 0.208 e. The van der Waals surface area contributed by atoms with Crippen LogP contribution in [-0.4, -0.2) is 13.1 Å². The molecule has 1 aromatic rings. The van der Waals surface area contributed by atoms with Gasteiger partial charge >= 0.3 is 0 Å². The molecule has 0 unspecified atom stereocenters. The third-order valence-electron chi connectivity index (χ3n) is 1.47. The number of hydrogen-bond donors (Lipinski definition) is 3. The average Bonchev–Trinajstić information content (AvgIpc) is 2.18. The van der Waals surface area contributed by atoms with Crippen molar-refractivity contribution in [3.05, 3.63) is 24.3 Å². The van der Waals surface area contributed by atoms with E-state index in [2.05, 4.69) is 10.4 Å².